The number of nitrogen functional groups attached to an aromatic ring is 1. The van der Waals surface area contributed by atoms with Crippen LogP contribution in [0.25, 0.3) is 0 Å². The maximum Gasteiger partial charge on any atom is 0.394 e. The second-order valence-electron chi connectivity index (χ2n) is 3.25. The minimum atomic E-state index is -4.67. The van der Waals surface area contributed by atoms with E-state index in [0.29, 0.717) is 0 Å². The number of nitrogens with one attached hydrogen (secondary N) is 1. The van der Waals surface area contributed by atoms with Gasteiger partial charge in [-0.3, -0.25) is 14.9 Å². The van der Waals surface area contributed by atoms with Gasteiger partial charge in [0.15, 0.2) is 0 Å². The van der Waals surface area contributed by atoms with Gasteiger partial charge < -0.3 is 5.43 Å². The summed E-state index contributed by atoms with van der Waals surface area (Å²) >= 11 is 5.54. The Morgan fingerprint density at radius 1 is 0.900 bits per heavy atom. The van der Waals surface area contributed by atoms with Crippen molar-refractivity contribution in [3.63, 3.8) is 0 Å². The van der Waals surface area contributed by atoms with E-state index in [1.54, 1.807) is 0 Å². The van der Waals surface area contributed by atoms with Gasteiger partial charge in [0.2, 0.25) is 0 Å². The fourth-order valence-corrected chi connectivity index (χ4v) is 1.09. The summed E-state index contributed by atoms with van der Waals surface area (Å²) in [6, 6.07) is 19.0. The van der Waals surface area contributed by atoms with Crippen LogP contribution in [0.15, 0.2) is 60.7 Å². The second kappa shape index (κ2) is 10.2. The van der Waals surface area contributed by atoms with Crippen LogP contribution < -0.4 is 11.3 Å². The summed E-state index contributed by atoms with van der Waals surface area (Å²) in [6.45, 7) is 0. The Morgan fingerprint density at radius 3 is 1.45 bits per heavy atom. The molecule has 2 aromatic carbocycles. The third-order valence-corrected chi connectivity index (χ3v) is 1.93. The Hall–Kier alpha value is -1.64. The molecule has 2 rings (SSSR count). The Balaban J connectivity index is 0.000000280. The van der Waals surface area contributed by atoms with Crippen molar-refractivity contribution in [1.82, 2.24) is 0 Å². The van der Waals surface area contributed by atoms with Crippen LogP contribution in [0.3, 0.4) is 0 Å². The third kappa shape index (κ3) is 14.4. The molecule has 5 N–H and O–H groups in total. The van der Waals surface area contributed by atoms with Gasteiger partial charge in [0.05, 0.1) is 0 Å². The molecule has 2 aromatic rings. The number of halogens is 1. The maximum absolute atomic E-state index is 8.74. The average molecular weight is 319 g/mol. The minimum Gasteiger partial charge on any atom is -0.324 e. The topological polar surface area (TPSA) is 113 Å². The smallest absolute Gasteiger partial charge is 0.324 e. The molecule has 0 aromatic heterocycles. The van der Waals surface area contributed by atoms with E-state index in [9.17, 15) is 0 Å². The van der Waals surface area contributed by atoms with Crippen molar-refractivity contribution in [2.24, 2.45) is 5.84 Å². The van der Waals surface area contributed by atoms with E-state index in [2.05, 4.69) is 5.43 Å². The average Bonchev–Trinajstić information content (AvgIpc) is 2.39. The largest absolute Gasteiger partial charge is 0.394 e. The molecular formula is C12H15ClN2O4S. The maximum atomic E-state index is 8.74. The van der Waals surface area contributed by atoms with E-state index >= 15 is 0 Å². The van der Waals surface area contributed by atoms with Gasteiger partial charge in [-0.25, -0.2) is 0 Å². The highest BCUT2D eigenvalue weighted by molar-refractivity contribution is 7.79. The number of rotatable bonds is 1. The standard InChI is InChI=1S/C6H5Cl.C6H8N2.H2O4S/c7-6-4-2-1-3-5-6;7-8-6-4-2-1-3-5-6;1-5(2,3)4/h1-5H;1-5,8H,7H2;(H2,1,2,3,4). The van der Waals surface area contributed by atoms with Crippen LogP contribution in [0.1, 0.15) is 0 Å². The minimum absolute atomic E-state index is 0.794. The molecule has 0 bridgehead atoms. The summed E-state index contributed by atoms with van der Waals surface area (Å²) in [5, 5.41) is 0.794. The van der Waals surface area contributed by atoms with Crippen molar-refractivity contribution in [2.45, 2.75) is 0 Å². The highest BCUT2D eigenvalue weighted by Crippen LogP contribution is 2.03. The lowest BCUT2D eigenvalue weighted by molar-refractivity contribution is 0.381. The number of para-hydroxylation sites is 1. The molecule has 6 nitrogen and oxygen atoms in total. The monoisotopic (exact) mass is 318 g/mol. The first-order valence-corrected chi connectivity index (χ1v) is 7.02. The first kappa shape index (κ1) is 18.4. The van der Waals surface area contributed by atoms with Gasteiger partial charge in [0.1, 0.15) is 0 Å². The van der Waals surface area contributed by atoms with E-state index in [0.717, 1.165) is 10.7 Å². The molecule has 0 saturated carbocycles. The molecule has 0 atom stereocenters. The number of hydrogen-bond acceptors (Lipinski definition) is 4. The Bertz CT molecular complexity index is 557. The number of anilines is 1. The molecule has 0 spiro atoms. The normalized spacial score (nSPS) is 9.40. The molecule has 20 heavy (non-hydrogen) atoms. The fraction of sp³-hybridized carbons (Fsp3) is 0. The summed E-state index contributed by atoms with van der Waals surface area (Å²) in [7, 11) is -4.67. The molecule has 0 aliphatic carbocycles. The highest BCUT2D eigenvalue weighted by Gasteiger charge is 1.84. The van der Waals surface area contributed by atoms with Crippen molar-refractivity contribution >= 4 is 27.7 Å². The van der Waals surface area contributed by atoms with Crippen LogP contribution in [-0.2, 0) is 10.4 Å². The van der Waals surface area contributed by atoms with Gasteiger partial charge in [-0.2, -0.15) is 8.42 Å². The lowest BCUT2D eigenvalue weighted by Crippen LogP contribution is -2.05. The summed E-state index contributed by atoms with van der Waals surface area (Å²) < 4.78 is 31.6. The van der Waals surface area contributed by atoms with Gasteiger partial charge in [-0.15, -0.1) is 0 Å². The van der Waals surface area contributed by atoms with E-state index in [1.807, 2.05) is 60.7 Å². The van der Waals surface area contributed by atoms with Crippen molar-refractivity contribution in [1.29, 1.82) is 0 Å². The third-order valence-electron chi connectivity index (χ3n) is 1.67. The molecule has 0 radical (unpaired) electrons. The fourth-order valence-electron chi connectivity index (χ4n) is 0.949. The molecule has 8 heteroatoms. The zero-order valence-corrected chi connectivity index (χ0v) is 11.9. The van der Waals surface area contributed by atoms with Crippen LogP contribution in [0.2, 0.25) is 5.02 Å². The van der Waals surface area contributed by atoms with Gasteiger partial charge in [0.25, 0.3) is 0 Å². The molecule has 110 valence electrons. The predicted molar refractivity (Wildman–Crippen MR) is 79.9 cm³/mol. The van der Waals surface area contributed by atoms with E-state index in [4.69, 9.17) is 35.0 Å². The highest BCUT2D eigenvalue weighted by atomic mass is 35.5. The Labute approximate surface area is 122 Å². The van der Waals surface area contributed by atoms with Crippen molar-refractivity contribution < 1.29 is 17.5 Å². The molecule has 0 unspecified atom stereocenters. The zero-order chi connectivity index (χ0) is 15.4. The number of nitrogens with two attached hydrogens (primary N) is 1. The summed E-state index contributed by atoms with van der Waals surface area (Å²) in [5.41, 5.74) is 3.46. The number of hydrogen-bond donors (Lipinski definition) is 4. The summed E-state index contributed by atoms with van der Waals surface area (Å²) in [5.74, 6) is 5.10. The van der Waals surface area contributed by atoms with Gasteiger partial charge in [-0.1, -0.05) is 48.0 Å². The van der Waals surface area contributed by atoms with Crippen LogP contribution >= 0.6 is 11.6 Å². The molecule has 0 aliphatic heterocycles. The van der Waals surface area contributed by atoms with Crippen molar-refractivity contribution in [3.8, 4) is 0 Å². The number of benzene rings is 2. The van der Waals surface area contributed by atoms with Crippen molar-refractivity contribution in [3.05, 3.63) is 65.7 Å². The Kier molecular flexibility index (Phi) is 9.35. The van der Waals surface area contributed by atoms with Crippen LogP contribution in [0.4, 0.5) is 5.69 Å². The van der Waals surface area contributed by atoms with Crippen LogP contribution in [-0.4, -0.2) is 17.5 Å². The molecule has 0 fully saturated rings. The van der Waals surface area contributed by atoms with E-state index in [-0.39, 0.29) is 0 Å². The molecule has 0 aliphatic rings. The summed E-state index contributed by atoms with van der Waals surface area (Å²) in [4.78, 5) is 0. The lowest BCUT2D eigenvalue weighted by atomic mass is 10.3. The van der Waals surface area contributed by atoms with Gasteiger partial charge >= 0.3 is 10.4 Å². The molecular weight excluding hydrogens is 304 g/mol. The van der Waals surface area contributed by atoms with E-state index in [1.165, 1.54) is 0 Å². The molecule has 0 amide bonds. The SMILES string of the molecule is Clc1ccccc1.NNc1ccccc1.O=S(=O)(O)O. The number of hydrazine groups is 1. The van der Waals surface area contributed by atoms with Crippen LogP contribution in [0.5, 0.6) is 0 Å². The van der Waals surface area contributed by atoms with Crippen molar-refractivity contribution in [2.75, 3.05) is 5.43 Å². The molecule has 0 heterocycles. The first-order chi connectivity index (χ1) is 9.33. The predicted octanol–water partition coefficient (Wildman–Crippen LogP) is 2.66. The second-order valence-corrected chi connectivity index (χ2v) is 4.59. The Morgan fingerprint density at radius 2 is 1.25 bits per heavy atom. The lowest BCUT2D eigenvalue weighted by Gasteiger charge is -1.94. The van der Waals surface area contributed by atoms with Gasteiger partial charge in [-0.05, 0) is 24.3 Å². The molecule has 0 saturated heterocycles. The zero-order valence-electron chi connectivity index (χ0n) is 10.3. The quantitative estimate of drug-likeness (QED) is 0.365. The summed E-state index contributed by atoms with van der Waals surface area (Å²) in [6.07, 6.45) is 0. The first-order valence-electron chi connectivity index (χ1n) is 5.25. The van der Waals surface area contributed by atoms with E-state index < -0.39 is 10.4 Å². The van der Waals surface area contributed by atoms with Crippen LogP contribution in [0, 0.1) is 0 Å². The van der Waals surface area contributed by atoms with Gasteiger partial charge in [0, 0.05) is 10.7 Å².